The molecule has 6 nitrogen and oxygen atoms in total. The van der Waals surface area contributed by atoms with E-state index >= 15 is 0 Å². The molecule has 27 heavy (non-hydrogen) atoms. The Kier molecular flexibility index (Phi) is 7.23. The van der Waals surface area contributed by atoms with Crippen molar-refractivity contribution in [3.8, 4) is 0 Å². The van der Waals surface area contributed by atoms with Crippen molar-refractivity contribution in [2.75, 3.05) is 24.7 Å². The van der Waals surface area contributed by atoms with Crippen LogP contribution in [0.25, 0.3) is 0 Å². The van der Waals surface area contributed by atoms with Crippen molar-refractivity contribution in [2.45, 2.75) is 71.8 Å². The smallest absolute Gasteiger partial charge is 0.416 e. The normalized spacial score (nSPS) is 14.8. The van der Waals surface area contributed by atoms with Crippen LogP contribution in [0.1, 0.15) is 64.6 Å². The first-order valence-corrected chi connectivity index (χ1v) is 9.88. The van der Waals surface area contributed by atoms with Crippen LogP contribution in [-0.2, 0) is 17.6 Å². The Hall–Kier alpha value is -1.66. The molecule has 0 aliphatic carbocycles. The lowest BCUT2D eigenvalue weighted by Gasteiger charge is -2.31. The van der Waals surface area contributed by atoms with Crippen LogP contribution >= 0.6 is 0 Å². The van der Waals surface area contributed by atoms with Gasteiger partial charge in [0.25, 0.3) is 0 Å². The Morgan fingerprint density at radius 2 is 1.89 bits per heavy atom. The molecule has 0 atom stereocenters. The van der Waals surface area contributed by atoms with E-state index in [1.54, 1.807) is 4.90 Å². The molecule has 0 saturated heterocycles. The number of unbranched alkanes of at least 4 members (excludes halogenated alkanes) is 1. The summed E-state index contributed by atoms with van der Waals surface area (Å²) in [6.07, 6.45) is 4.91. The van der Waals surface area contributed by atoms with E-state index in [1.165, 1.54) is 0 Å². The Morgan fingerprint density at radius 1 is 1.19 bits per heavy atom. The molecule has 0 spiro atoms. The number of fused-ring (bicyclic) bond motifs is 1. The molecule has 2 N–H and O–H groups in total. The summed E-state index contributed by atoms with van der Waals surface area (Å²) in [5.41, 5.74) is 1.10. The summed E-state index contributed by atoms with van der Waals surface area (Å²) in [4.78, 5) is 18.9. The van der Waals surface area contributed by atoms with Crippen LogP contribution in [0.2, 0.25) is 0 Å². The van der Waals surface area contributed by atoms with Gasteiger partial charge in [-0.2, -0.15) is 0 Å². The van der Waals surface area contributed by atoms with Gasteiger partial charge >= 0.3 is 6.09 Å². The van der Waals surface area contributed by atoms with Gasteiger partial charge in [-0.3, -0.25) is 4.90 Å². The minimum absolute atomic E-state index is 0.00849. The molecule has 2 rings (SSSR count). The molecule has 152 valence electrons. The van der Waals surface area contributed by atoms with Crippen LogP contribution in [0, 0.1) is 5.41 Å². The van der Waals surface area contributed by atoms with Gasteiger partial charge in [0.05, 0.1) is 13.2 Å². The molecule has 0 unspecified atom stereocenters. The fraction of sp³-hybridized carbons (Fsp3) is 0.714. The van der Waals surface area contributed by atoms with Crippen molar-refractivity contribution >= 4 is 11.9 Å². The SMILES string of the molecule is CC(CO)(CO)CCCCc1ccc2c(n1)N(C(=O)OC(C)(C)C)CCC2. The summed E-state index contributed by atoms with van der Waals surface area (Å²) in [6, 6.07) is 4.11. The number of aromatic nitrogens is 1. The molecule has 1 aromatic rings. The lowest BCUT2D eigenvalue weighted by Crippen LogP contribution is -2.40. The third-order valence-electron chi connectivity index (χ3n) is 4.94. The summed E-state index contributed by atoms with van der Waals surface area (Å²) in [5, 5.41) is 18.7. The summed E-state index contributed by atoms with van der Waals surface area (Å²) in [6.45, 7) is 8.11. The first-order chi connectivity index (χ1) is 12.7. The van der Waals surface area contributed by atoms with Crippen LogP contribution in [0.3, 0.4) is 0 Å². The van der Waals surface area contributed by atoms with Crippen molar-refractivity contribution < 1.29 is 19.7 Å². The lowest BCUT2D eigenvalue weighted by atomic mass is 9.86. The number of aryl methyl sites for hydroxylation is 2. The Labute approximate surface area is 162 Å². The molecule has 2 heterocycles. The van der Waals surface area contributed by atoms with Crippen LogP contribution in [0.15, 0.2) is 12.1 Å². The van der Waals surface area contributed by atoms with Gasteiger partial charge in [0.2, 0.25) is 0 Å². The number of anilines is 1. The summed E-state index contributed by atoms with van der Waals surface area (Å²) < 4.78 is 5.53. The van der Waals surface area contributed by atoms with Crippen molar-refractivity contribution in [2.24, 2.45) is 5.41 Å². The van der Waals surface area contributed by atoms with Gasteiger partial charge in [-0.15, -0.1) is 0 Å². The zero-order chi connectivity index (χ0) is 20.1. The van der Waals surface area contributed by atoms with Crippen molar-refractivity contribution in [3.63, 3.8) is 0 Å². The van der Waals surface area contributed by atoms with E-state index in [4.69, 9.17) is 9.72 Å². The monoisotopic (exact) mass is 378 g/mol. The van der Waals surface area contributed by atoms with Gasteiger partial charge < -0.3 is 14.9 Å². The quantitative estimate of drug-likeness (QED) is 0.710. The largest absolute Gasteiger partial charge is 0.443 e. The lowest BCUT2D eigenvalue weighted by molar-refractivity contribution is 0.0576. The van der Waals surface area contributed by atoms with E-state index in [1.807, 2.05) is 33.8 Å². The number of hydrogen-bond donors (Lipinski definition) is 2. The average Bonchev–Trinajstić information content (AvgIpc) is 2.63. The second kappa shape index (κ2) is 9.02. The summed E-state index contributed by atoms with van der Waals surface area (Å²) in [5.74, 6) is 0.726. The van der Waals surface area contributed by atoms with Crippen molar-refractivity contribution in [1.29, 1.82) is 0 Å². The number of hydrogen-bond acceptors (Lipinski definition) is 5. The number of rotatable bonds is 7. The van der Waals surface area contributed by atoms with Crippen LogP contribution < -0.4 is 4.90 Å². The predicted molar refractivity (Wildman–Crippen MR) is 106 cm³/mol. The Bertz CT molecular complexity index is 636. The van der Waals surface area contributed by atoms with E-state index < -0.39 is 11.0 Å². The van der Waals surface area contributed by atoms with Crippen LogP contribution in [0.4, 0.5) is 10.6 Å². The van der Waals surface area contributed by atoms with Gasteiger partial charge in [-0.1, -0.05) is 19.4 Å². The number of aliphatic hydroxyl groups is 2. The third-order valence-corrected chi connectivity index (χ3v) is 4.94. The highest BCUT2D eigenvalue weighted by atomic mass is 16.6. The van der Waals surface area contributed by atoms with Gasteiger partial charge in [0.1, 0.15) is 11.4 Å². The second-order valence-electron chi connectivity index (χ2n) is 8.85. The first kappa shape index (κ1) is 21.6. The van der Waals surface area contributed by atoms with Crippen molar-refractivity contribution in [1.82, 2.24) is 4.98 Å². The minimum Gasteiger partial charge on any atom is -0.443 e. The topological polar surface area (TPSA) is 82.9 Å². The first-order valence-electron chi connectivity index (χ1n) is 9.88. The molecule has 0 aromatic carbocycles. The van der Waals surface area contributed by atoms with Crippen LogP contribution in [0.5, 0.6) is 0 Å². The van der Waals surface area contributed by atoms with Gasteiger partial charge in [-0.05, 0) is 64.5 Å². The molecule has 0 radical (unpaired) electrons. The van der Waals surface area contributed by atoms with Gasteiger partial charge in [0.15, 0.2) is 0 Å². The highest BCUT2D eigenvalue weighted by molar-refractivity contribution is 5.88. The Balaban J connectivity index is 2.01. The van der Waals surface area contributed by atoms with E-state index in [0.29, 0.717) is 6.54 Å². The molecule has 6 heteroatoms. The minimum atomic E-state index is -0.529. The molecule has 0 saturated carbocycles. The molecule has 1 aliphatic heterocycles. The zero-order valence-electron chi connectivity index (χ0n) is 17.1. The average molecular weight is 379 g/mol. The number of ether oxygens (including phenoxy) is 1. The molecular weight excluding hydrogens is 344 g/mol. The highest BCUT2D eigenvalue weighted by Crippen LogP contribution is 2.28. The summed E-state index contributed by atoms with van der Waals surface area (Å²) >= 11 is 0. The third kappa shape index (κ3) is 6.18. The predicted octanol–water partition coefficient (Wildman–Crippen LogP) is 3.47. The summed E-state index contributed by atoms with van der Waals surface area (Å²) in [7, 11) is 0. The maximum Gasteiger partial charge on any atom is 0.416 e. The van der Waals surface area contributed by atoms with Gasteiger partial charge in [0, 0.05) is 17.7 Å². The maximum absolute atomic E-state index is 12.5. The number of amides is 1. The molecule has 1 aromatic heterocycles. The fourth-order valence-electron chi connectivity index (χ4n) is 3.18. The number of carbonyl (C=O) groups is 1. The number of pyridine rings is 1. The molecule has 0 fully saturated rings. The number of carbonyl (C=O) groups excluding carboxylic acids is 1. The fourth-order valence-corrected chi connectivity index (χ4v) is 3.18. The Morgan fingerprint density at radius 3 is 2.52 bits per heavy atom. The molecule has 1 amide bonds. The van der Waals surface area contributed by atoms with E-state index in [9.17, 15) is 15.0 Å². The van der Waals surface area contributed by atoms with Gasteiger partial charge in [-0.25, -0.2) is 9.78 Å². The highest BCUT2D eigenvalue weighted by Gasteiger charge is 2.28. The van der Waals surface area contributed by atoms with Crippen molar-refractivity contribution in [3.05, 3.63) is 23.4 Å². The van der Waals surface area contributed by atoms with E-state index in [2.05, 4.69) is 6.07 Å². The van der Waals surface area contributed by atoms with Crippen LogP contribution in [-0.4, -0.2) is 46.6 Å². The number of aliphatic hydroxyl groups excluding tert-OH is 2. The molecule has 0 bridgehead atoms. The zero-order valence-corrected chi connectivity index (χ0v) is 17.1. The van der Waals surface area contributed by atoms with E-state index in [0.717, 1.165) is 55.6 Å². The maximum atomic E-state index is 12.5. The standard InChI is InChI=1S/C21H34N2O4/c1-20(2,3)27-19(26)23-13-7-8-16-10-11-17(22-18(16)23)9-5-6-12-21(4,14-24)15-25/h10-11,24-25H,5-9,12-15H2,1-4H3. The number of nitrogens with zero attached hydrogens (tertiary/aromatic N) is 2. The van der Waals surface area contributed by atoms with E-state index in [-0.39, 0.29) is 19.3 Å². The molecule has 1 aliphatic rings. The molecular formula is C21H34N2O4. The second-order valence-corrected chi connectivity index (χ2v) is 8.85.